The van der Waals surface area contributed by atoms with Gasteiger partial charge in [-0.15, -0.1) is 4.57 Å². The summed E-state index contributed by atoms with van der Waals surface area (Å²) in [7, 11) is 0. The molecular formula is C15H9N2OS+. The van der Waals surface area contributed by atoms with Gasteiger partial charge in [0.15, 0.2) is 6.54 Å². The fraction of sp³-hybridized carbons (Fsp3) is 0.0667. The average molecular weight is 265 g/mol. The van der Waals surface area contributed by atoms with Crippen LogP contribution in [-0.4, -0.2) is 4.98 Å². The van der Waals surface area contributed by atoms with Gasteiger partial charge in [-0.3, -0.25) is 4.98 Å². The predicted molar refractivity (Wildman–Crippen MR) is 74.1 cm³/mol. The van der Waals surface area contributed by atoms with E-state index in [0.29, 0.717) is 0 Å². The molecule has 1 aliphatic heterocycles. The van der Waals surface area contributed by atoms with Crippen LogP contribution in [0.3, 0.4) is 0 Å². The Bertz CT molecular complexity index is 951. The average Bonchev–Trinajstić information content (AvgIpc) is 3.07. The van der Waals surface area contributed by atoms with Crippen molar-refractivity contribution in [2.45, 2.75) is 6.54 Å². The topological polar surface area (TPSA) is 29.9 Å². The molecule has 0 aliphatic carbocycles. The molecule has 0 unspecified atom stereocenters. The summed E-state index contributed by atoms with van der Waals surface area (Å²) in [4.78, 5) is 5.62. The number of nitrogens with zero attached hydrogens (tertiary/aromatic N) is 2. The van der Waals surface area contributed by atoms with Gasteiger partial charge < -0.3 is 4.42 Å². The van der Waals surface area contributed by atoms with Crippen molar-refractivity contribution < 1.29 is 8.98 Å². The van der Waals surface area contributed by atoms with Crippen molar-refractivity contribution in [3.63, 3.8) is 0 Å². The zero-order valence-corrected chi connectivity index (χ0v) is 10.8. The summed E-state index contributed by atoms with van der Waals surface area (Å²) in [5, 5.41) is 0. The van der Waals surface area contributed by atoms with Gasteiger partial charge in [-0.05, 0) is 18.2 Å². The van der Waals surface area contributed by atoms with Crippen LogP contribution < -0.4 is 4.57 Å². The van der Waals surface area contributed by atoms with Crippen LogP contribution in [0.5, 0.6) is 0 Å². The molecule has 4 heteroatoms. The molecule has 0 spiro atoms. The zero-order valence-electron chi connectivity index (χ0n) is 9.96. The maximum absolute atomic E-state index is 6.10. The molecule has 90 valence electrons. The molecular weight excluding hydrogens is 256 g/mol. The minimum absolute atomic E-state index is 0.894. The Morgan fingerprint density at radius 1 is 1.16 bits per heavy atom. The molecule has 0 atom stereocenters. The number of thiophene rings is 1. The lowest BCUT2D eigenvalue weighted by Crippen LogP contribution is -2.29. The second kappa shape index (κ2) is 3.22. The van der Waals surface area contributed by atoms with E-state index in [1.165, 1.54) is 20.7 Å². The first-order valence-corrected chi connectivity index (χ1v) is 7.01. The lowest BCUT2D eigenvalue weighted by molar-refractivity contribution is -0.647. The first-order chi connectivity index (χ1) is 9.42. The van der Waals surface area contributed by atoms with Crippen molar-refractivity contribution in [2.75, 3.05) is 0 Å². The minimum Gasteiger partial charge on any atom is -0.394 e. The van der Waals surface area contributed by atoms with E-state index in [4.69, 9.17) is 4.42 Å². The summed E-state index contributed by atoms with van der Waals surface area (Å²) in [6.45, 7) is 0.894. The third kappa shape index (κ3) is 1.12. The van der Waals surface area contributed by atoms with Crippen LogP contribution >= 0.6 is 11.3 Å². The number of aromatic nitrogens is 2. The molecule has 3 nitrogen and oxygen atoms in total. The first-order valence-electron chi connectivity index (χ1n) is 6.20. The van der Waals surface area contributed by atoms with E-state index in [1.807, 2.05) is 12.3 Å². The SMILES string of the molecule is c1ccc2c(c1)C[n+]1c-2oc2c3ncccc3sc21. The maximum atomic E-state index is 6.10. The second-order valence-corrected chi connectivity index (χ2v) is 5.77. The predicted octanol–water partition coefficient (Wildman–Crippen LogP) is 3.36. The van der Waals surface area contributed by atoms with Gasteiger partial charge in [-0.1, -0.05) is 29.5 Å². The minimum atomic E-state index is 0.894. The molecule has 19 heavy (non-hydrogen) atoms. The molecule has 0 radical (unpaired) electrons. The number of pyridine rings is 1. The van der Waals surface area contributed by atoms with Gasteiger partial charge in [0.25, 0.3) is 0 Å². The third-order valence-corrected chi connectivity index (χ3v) is 4.80. The summed E-state index contributed by atoms with van der Waals surface area (Å²) >= 11 is 1.75. The fourth-order valence-corrected chi connectivity index (χ4v) is 3.88. The number of benzene rings is 1. The molecule has 4 aromatic rings. The van der Waals surface area contributed by atoms with Crippen molar-refractivity contribution in [3.8, 4) is 11.5 Å². The molecule has 0 saturated heterocycles. The van der Waals surface area contributed by atoms with E-state index in [2.05, 4.69) is 39.9 Å². The van der Waals surface area contributed by atoms with Gasteiger partial charge in [0.1, 0.15) is 5.52 Å². The van der Waals surface area contributed by atoms with E-state index in [1.54, 1.807) is 11.3 Å². The van der Waals surface area contributed by atoms with Crippen molar-refractivity contribution >= 4 is 32.0 Å². The molecule has 1 aromatic carbocycles. The molecule has 4 heterocycles. The standard InChI is InChI=1S/C15H9N2OS/c1-2-5-10-9(4-1)8-17-14(10)18-13-12-11(19-15(13)17)6-3-7-16-12/h1-7H,8H2/q+1. The van der Waals surface area contributed by atoms with E-state index in [0.717, 1.165) is 23.5 Å². The summed E-state index contributed by atoms with van der Waals surface area (Å²) in [5.41, 5.74) is 4.43. The summed E-state index contributed by atoms with van der Waals surface area (Å²) in [6.07, 6.45) is 1.82. The van der Waals surface area contributed by atoms with Crippen LogP contribution in [0, 0.1) is 0 Å². The number of hydrogen-bond acceptors (Lipinski definition) is 3. The van der Waals surface area contributed by atoms with Crippen molar-refractivity contribution in [3.05, 3.63) is 48.2 Å². The summed E-state index contributed by atoms with van der Waals surface area (Å²) in [5.74, 6) is 0.962. The Labute approximate surface area is 112 Å². The van der Waals surface area contributed by atoms with Crippen LogP contribution in [0.25, 0.3) is 32.1 Å². The smallest absolute Gasteiger partial charge is 0.383 e. The Morgan fingerprint density at radius 3 is 3.11 bits per heavy atom. The van der Waals surface area contributed by atoms with Crippen LogP contribution in [0.2, 0.25) is 0 Å². The monoisotopic (exact) mass is 265 g/mol. The van der Waals surface area contributed by atoms with Crippen LogP contribution in [0.1, 0.15) is 5.56 Å². The quantitative estimate of drug-likeness (QED) is 0.402. The van der Waals surface area contributed by atoms with Crippen LogP contribution in [0.15, 0.2) is 47.0 Å². The van der Waals surface area contributed by atoms with Crippen molar-refractivity contribution in [1.82, 2.24) is 4.98 Å². The summed E-state index contributed by atoms with van der Waals surface area (Å²) < 4.78 is 9.54. The molecule has 5 rings (SSSR count). The highest BCUT2D eigenvalue weighted by Gasteiger charge is 2.35. The van der Waals surface area contributed by atoms with Crippen LogP contribution in [0.4, 0.5) is 0 Å². The maximum Gasteiger partial charge on any atom is 0.383 e. The molecule has 1 aliphatic rings. The first kappa shape index (κ1) is 9.69. The molecule has 0 N–H and O–H groups in total. The summed E-state index contributed by atoms with van der Waals surface area (Å²) in [6, 6.07) is 12.5. The van der Waals surface area contributed by atoms with Gasteiger partial charge in [0.05, 0.1) is 10.3 Å². The normalized spacial score (nSPS) is 13.1. The molecule has 0 fully saturated rings. The van der Waals surface area contributed by atoms with E-state index in [-0.39, 0.29) is 0 Å². The highest BCUT2D eigenvalue weighted by atomic mass is 32.1. The Balaban J connectivity index is 1.93. The Morgan fingerprint density at radius 2 is 2.11 bits per heavy atom. The molecule has 0 saturated carbocycles. The number of hydrogen-bond donors (Lipinski definition) is 0. The number of fused-ring (bicyclic) bond motifs is 7. The molecule has 0 bridgehead atoms. The Hall–Kier alpha value is -2.20. The van der Waals surface area contributed by atoms with Gasteiger partial charge in [-0.25, -0.2) is 0 Å². The number of rotatable bonds is 0. The lowest BCUT2D eigenvalue weighted by atomic mass is 10.1. The second-order valence-electron chi connectivity index (χ2n) is 4.74. The third-order valence-electron chi connectivity index (χ3n) is 3.65. The van der Waals surface area contributed by atoms with E-state index >= 15 is 0 Å². The molecule has 3 aromatic heterocycles. The Kier molecular flexibility index (Phi) is 1.64. The van der Waals surface area contributed by atoms with Gasteiger partial charge in [-0.2, -0.15) is 0 Å². The largest absolute Gasteiger partial charge is 0.394 e. The van der Waals surface area contributed by atoms with Crippen molar-refractivity contribution in [2.24, 2.45) is 0 Å². The molecule has 0 amide bonds. The fourth-order valence-electron chi connectivity index (χ4n) is 2.79. The highest BCUT2D eigenvalue weighted by molar-refractivity contribution is 7.24. The van der Waals surface area contributed by atoms with E-state index in [9.17, 15) is 0 Å². The zero-order chi connectivity index (χ0) is 12.4. The van der Waals surface area contributed by atoms with Gasteiger partial charge in [0.2, 0.25) is 5.58 Å². The van der Waals surface area contributed by atoms with Crippen molar-refractivity contribution in [1.29, 1.82) is 0 Å². The van der Waals surface area contributed by atoms with E-state index < -0.39 is 0 Å². The lowest BCUT2D eigenvalue weighted by Gasteiger charge is -1.89. The van der Waals surface area contributed by atoms with Gasteiger partial charge >= 0.3 is 10.7 Å². The highest BCUT2D eigenvalue weighted by Crippen LogP contribution is 2.37. The van der Waals surface area contributed by atoms with Gasteiger partial charge in [0, 0.05) is 11.8 Å². The van der Waals surface area contributed by atoms with Crippen LogP contribution in [-0.2, 0) is 6.54 Å². The number of oxazole rings is 1.